The highest BCUT2D eigenvalue weighted by atomic mass is 16.5. The third-order valence-electron chi connectivity index (χ3n) is 7.77. The quantitative estimate of drug-likeness (QED) is 0.286. The summed E-state index contributed by atoms with van der Waals surface area (Å²) in [7, 11) is 1.53. The minimum absolute atomic E-state index is 0.0934. The topological polar surface area (TPSA) is 90.0 Å². The molecule has 7 nitrogen and oxygen atoms in total. The van der Waals surface area contributed by atoms with Crippen molar-refractivity contribution in [1.82, 2.24) is 0 Å². The van der Waals surface area contributed by atoms with Crippen molar-refractivity contribution in [2.45, 2.75) is 6.42 Å². The van der Waals surface area contributed by atoms with Gasteiger partial charge in [0, 0.05) is 5.56 Å². The molecule has 1 aliphatic heterocycles. The van der Waals surface area contributed by atoms with Crippen molar-refractivity contribution < 1.29 is 28.7 Å². The van der Waals surface area contributed by atoms with Crippen LogP contribution in [0.15, 0.2) is 60.7 Å². The molecule has 2 bridgehead atoms. The van der Waals surface area contributed by atoms with Gasteiger partial charge in [-0.05, 0) is 66.5 Å². The Bertz CT molecular complexity index is 1210. The Kier molecular flexibility index (Phi) is 4.69. The van der Waals surface area contributed by atoms with Gasteiger partial charge in [-0.3, -0.25) is 14.4 Å². The van der Waals surface area contributed by atoms with Crippen molar-refractivity contribution in [3.8, 4) is 5.75 Å². The standard InChI is InChI=1S/C27H23NO6/c1-33-15-8-6-14(7-9-15)22(29)13-34-27(32)18-4-2-3-5-21(18)28-25(30)23-16-10-11-17(20-12-19(16)20)24(23)26(28)31/h2-11,16-17,19-20,23-24H,12-13H2,1H3/t16-,17-,19-,20-,23+,24+/m0/s1. The summed E-state index contributed by atoms with van der Waals surface area (Å²) < 4.78 is 10.4. The summed E-state index contributed by atoms with van der Waals surface area (Å²) in [6, 6.07) is 12.9. The lowest BCUT2D eigenvalue weighted by atomic mass is 9.63. The minimum atomic E-state index is -0.753. The lowest BCUT2D eigenvalue weighted by Crippen LogP contribution is -2.40. The number of esters is 1. The Morgan fingerprint density at radius 1 is 0.912 bits per heavy atom. The summed E-state index contributed by atoms with van der Waals surface area (Å²) in [5, 5.41) is 0. The molecular formula is C27H23NO6. The van der Waals surface area contributed by atoms with E-state index < -0.39 is 12.6 Å². The summed E-state index contributed by atoms with van der Waals surface area (Å²) >= 11 is 0. The van der Waals surface area contributed by atoms with Crippen LogP contribution < -0.4 is 9.64 Å². The van der Waals surface area contributed by atoms with Gasteiger partial charge >= 0.3 is 5.97 Å². The number of carbonyl (C=O) groups excluding carboxylic acids is 4. The summed E-state index contributed by atoms with van der Waals surface area (Å²) in [4.78, 5) is 53.4. The number of hydrogen-bond donors (Lipinski definition) is 0. The molecule has 1 saturated heterocycles. The first kappa shape index (κ1) is 20.8. The van der Waals surface area contributed by atoms with Crippen molar-refractivity contribution in [1.29, 1.82) is 0 Å². The molecule has 5 aliphatic rings. The second-order valence-corrected chi connectivity index (χ2v) is 9.41. The van der Waals surface area contributed by atoms with Crippen molar-refractivity contribution in [2.24, 2.45) is 35.5 Å². The number of Topliss-reactive ketones (excluding diaryl/α,β-unsaturated/α-hetero) is 1. The van der Waals surface area contributed by atoms with Crippen LogP contribution in [-0.2, 0) is 14.3 Å². The third kappa shape index (κ3) is 3.03. The first-order chi connectivity index (χ1) is 16.5. The molecule has 172 valence electrons. The van der Waals surface area contributed by atoms with Gasteiger partial charge in [-0.1, -0.05) is 24.3 Å². The zero-order chi connectivity index (χ0) is 23.6. The molecule has 3 fully saturated rings. The van der Waals surface area contributed by atoms with Gasteiger partial charge in [0.05, 0.1) is 30.2 Å². The average Bonchev–Trinajstić information content (AvgIpc) is 3.65. The number of para-hydroxylation sites is 1. The molecular weight excluding hydrogens is 434 g/mol. The molecule has 2 amide bonds. The minimum Gasteiger partial charge on any atom is -0.497 e. The van der Waals surface area contributed by atoms with Crippen LogP contribution >= 0.6 is 0 Å². The van der Waals surface area contributed by atoms with Crippen molar-refractivity contribution >= 4 is 29.3 Å². The van der Waals surface area contributed by atoms with Crippen LogP contribution in [0.3, 0.4) is 0 Å². The van der Waals surface area contributed by atoms with E-state index in [1.54, 1.807) is 42.5 Å². The molecule has 0 radical (unpaired) electrons. The summed E-state index contributed by atoms with van der Waals surface area (Å²) in [5.74, 6) is -0.502. The number of methoxy groups -OCH3 is 1. The Morgan fingerprint density at radius 2 is 1.53 bits per heavy atom. The normalized spacial score (nSPS) is 30.1. The van der Waals surface area contributed by atoms with Crippen molar-refractivity contribution in [3.63, 3.8) is 0 Å². The number of benzene rings is 2. The van der Waals surface area contributed by atoms with E-state index >= 15 is 0 Å². The molecule has 4 aliphatic carbocycles. The van der Waals surface area contributed by atoms with E-state index in [9.17, 15) is 19.2 Å². The van der Waals surface area contributed by atoms with Crippen LogP contribution in [-0.4, -0.2) is 37.3 Å². The molecule has 0 unspecified atom stereocenters. The van der Waals surface area contributed by atoms with Crippen LogP contribution in [0, 0.1) is 35.5 Å². The van der Waals surface area contributed by atoms with Gasteiger partial charge < -0.3 is 9.47 Å². The summed E-state index contributed by atoms with van der Waals surface area (Å²) in [5.41, 5.74) is 0.704. The van der Waals surface area contributed by atoms with Gasteiger partial charge in [0.15, 0.2) is 12.4 Å². The largest absolute Gasteiger partial charge is 0.497 e. The van der Waals surface area contributed by atoms with E-state index in [0.717, 1.165) is 6.42 Å². The van der Waals surface area contributed by atoms with Crippen LogP contribution in [0.5, 0.6) is 5.75 Å². The lowest BCUT2D eigenvalue weighted by Gasteiger charge is -2.37. The molecule has 0 aromatic heterocycles. The van der Waals surface area contributed by atoms with E-state index in [2.05, 4.69) is 12.2 Å². The van der Waals surface area contributed by atoms with Gasteiger partial charge in [0.25, 0.3) is 0 Å². The van der Waals surface area contributed by atoms with Crippen molar-refractivity contribution in [2.75, 3.05) is 18.6 Å². The van der Waals surface area contributed by atoms with E-state index in [0.29, 0.717) is 23.1 Å². The molecule has 2 aromatic carbocycles. The highest BCUT2D eigenvalue weighted by Gasteiger charge is 2.67. The third-order valence-corrected chi connectivity index (χ3v) is 7.77. The molecule has 2 saturated carbocycles. The SMILES string of the molecule is COc1ccc(C(=O)COC(=O)c2ccccc2N2C(=O)[C@@H]3[C@H]4C=C[C@@H]([C@@H]5C[C@@H]45)[C@H]3C2=O)cc1. The number of amides is 2. The highest BCUT2D eigenvalue weighted by Crippen LogP contribution is 2.65. The molecule has 7 heteroatoms. The lowest BCUT2D eigenvalue weighted by molar-refractivity contribution is -0.124. The van der Waals surface area contributed by atoms with Crippen LogP contribution in [0.2, 0.25) is 0 Å². The number of ether oxygens (including phenoxy) is 2. The monoisotopic (exact) mass is 457 g/mol. The van der Waals surface area contributed by atoms with E-state index in [1.807, 2.05) is 0 Å². The predicted molar refractivity (Wildman–Crippen MR) is 121 cm³/mol. The maximum Gasteiger partial charge on any atom is 0.340 e. The number of allylic oxidation sites excluding steroid dienone is 2. The first-order valence-corrected chi connectivity index (χ1v) is 11.5. The number of anilines is 1. The number of imide groups is 1. The van der Waals surface area contributed by atoms with Gasteiger partial charge in [0.2, 0.25) is 11.8 Å². The average molecular weight is 457 g/mol. The molecule has 7 rings (SSSR count). The van der Waals surface area contributed by atoms with E-state index in [4.69, 9.17) is 9.47 Å². The number of hydrogen-bond acceptors (Lipinski definition) is 6. The molecule has 0 N–H and O–H groups in total. The molecule has 2 aromatic rings. The fourth-order valence-electron chi connectivity index (χ4n) is 6.10. The highest BCUT2D eigenvalue weighted by molar-refractivity contribution is 6.24. The van der Waals surface area contributed by atoms with Crippen molar-refractivity contribution in [3.05, 3.63) is 71.8 Å². The molecule has 34 heavy (non-hydrogen) atoms. The van der Waals surface area contributed by atoms with Gasteiger partial charge in [-0.25, -0.2) is 9.69 Å². The fourth-order valence-corrected chi connectivity index (χ4v) is 6.10. The molecule has 1 heterocycles. The van der Waals surface area contributed by atoms with Gasteiger partial charge in [-0.15, -0.1) is 0 Å². The van der Waals surface area contributed by atoms with Gasteiger partial charge in [-0.2, -0.15) is 0 Å². The zero-order valence-electron chi connectivity index (χ0n) is 18.5. The molecule has 6 atom stereocenters. The van der Waals surface area contributed by atoms with Crippen LogP contribution in [0.25, 0.3) is 0 Å². The van der Waals surface area contributed by atoms with E-state index in [-0.39, 0.29) is 52.5 Å². The molecule has 0 spiro atoms. The van der Waals surface area contributed by atoms with Crippen LogP contribution in [0.4, 0.5) is 5.69 Å². The van der Waals surface area contributed by atoms with Gasteiger partial charge in [0.1, 0.15) is 5.75 Å². The second-order valence-electron chi connectivity index (χ2n) is 9.41. The summed E-state index contributed by atoms with van der Waals surface area (Å²) in [6.07, 6.45) is 5.31. The maximum absolute atomic E-state index is 13.4. The Balaban J connectivity index is 1.22. The second kappa shape index (κ2) is 7.65. The number of carbonyl (C=O) groups is 4. The Labute approximate surface area is 196 Å². The Morgan fingerprint density at radius 3 is 2.15 bits per heavy atom. The first-order valence-electron chi connectivity index (χ1n) is 11.5. The fraction of sp³-hybridized carbons (Fsp3) is 0.333. The maximum atomic E-state index is 13.4. The van der Waals surface area contributed by atoms with E-state index in [1.165, 1.54) is 18.1 Å². The Hall–Kier alpha value is -3.74. The number of nitrogens with zero attached hydrogens (tertiary/aromatic N) is 1. The number of ketones is 1. The zero-order valence-corrected chi connectivity index (χ0v) is 18.5. The van der Waals surface area contributed by atoms with Crippen LogP contribution in [0.1, 0.15) is 27.1 Å². The predicted octanol–water partition coefficient (Wildman–Crippen LogP) is 3.29. The number of rotatable bonds is 6. The summed E-state index contributed by atoms with van der Waals surface area (Å²) in [6.45, 7) is -0.454. The smallest absolute Gasteiger partial charge is 0.340 e.